The maximum atomic E-state index is 14.2. The van der Waals surface area contributed by atoms with E-state index >= 15 is 0 Å². The molecule has 1 aromatic heterocycles. The van der Waals surface area contributed by atoms with Crippen molar-refractivity contribution in [1.29, 1.82) is 0 Å². The van der Waals surface area contributed by atoms with Crippen LogP contribution in [0.5, 0.6) is 5.75 Å². The smallest absolute Gasteiger partial charge is 0.414 e. The fourth-order valence-corrected chi connectivity index (χ4v) is 5.40. The number of benzene rings is 4. The quantitative estimate of drug-likeness (QED) is 0.115. The number of carbonyl (C=O) groups is 2. The van der Waals surface area contributed by atoms with E-state index in [0.29, 0.717) is 46.8 Å². The van der Waals surface area contributed by atoms with Gasteiger partial charge in [0.15, 0.2) is 0 Å². The average molecular weight is 648 g/mol. The molecule has 0 aliphatic heterocycles. The molecular weight excluding hydrogens is 606 g/mol. The second kappa shape index (κ2) is 16.4. The van der Waals surface area contributed by atoms with Crippen molar-refractivity contribution in [2.45, 2.75) is 65.1 Å². The second-order valence-corrected chi connectivity index (χ2v) is 11.7. The lowest BCUT2D eigenvalue weighted by atomic mass is 10.1. The molecule has 0 spiro atoms. The maximum absolute atomic E-state index is 14.2. The highest BCUT2D eigenvalue weighted by Gasteiger charge is 2.22. The number of ether oxygens (including phenoxy) is 2. The minimum absolute atomic E-state index is 0.206. The predicted molar refractivity (Wildman–Crippen MR) is 186 cm³/mol. The number of carboxylic acids is 1. The van der Waals surface area contributed by atoms with Gasteiger partial charge in [0.2, 0.25) is 6.10 Å². The van der Waals surface area contributed by atoms with Crippen molar-refractivity contribution in [3.63, 3.8) is 0 Å². The van der Waals surface area contributed by atoms with Crippen molar-refractivity contribution in [2.75, 3.05) is 11.5 Å². The zero-order valence-electron chi connectivity index (χ0n) is 27.4. The van der Waals surface area contributed by atoms with Crippen LogP contribution in [0, 0.1) is 0 Å². The van der Waals surface area contributed by atoms with Crippen LogP contribution in [0.3, 0.4) is 0 Å². The third kappa shape index (κ3) is 8.47. The fraction of sp³-hybridized carbons (Fsp3) is 0.282. The van der Waals surface area contributed by atoms with E-state index < -0.39 is 18.2 Å². The summed E-state index contributed by atoms with van der Waals surface area (Å²) in [4.78, 5) is 45.9. The fourth-order valence-electron chi connectivity index (χ4n) is 5.40. The van der Waals surface area contributed by atoms with E-state index in [0.717, 1.165) is 36.8 Å². The number of nitrogens with zero attached hydrogens (tertiary/aromatic N) is 3. The van der Waals surface area contributed by atoms with Gasteiger partial charge in [0, 0.05) is 17.7 Å². The number of aliphatic carboxylic acids is 1. The van der Waals surface area contributed by atoms with Gasteiger partial charge in [0.1, 0.15) is 11.6 Å². The maximum Gasteiger partial charge on any atom is 0.414 e. The standard InChI is InChI=1S/C39H41N3O6/c1-3-5-17-35-40-34-23-20-31(41(39(46)47-24-6-4-2)26-28-13-9-7-10-14-28)25-33(34)37(43)42(35)27-29-18-21-32(22-19-29)48-36(38(44)45)30-15-11-8-12-16-30/h7-16,18-23,25,36H,3-6,17,24,26-27H2,1-2H3,(H,44,45). The van der Waals surface area contributed by atoms with Gasteiger partial charge < -0.3 is 14.6 Å². The Kier molecular flexibility index (Phi) is 11.6. The molecule has 0 radical (unpaired) electrons. The second-order valence-electron chi connectivity index (χ2n) is 11.7. The van der Waals surface area contributed by atoms with E-state index in [9.17, 15) is 19.5 Å². The van der Waals surface area contributed by atoms with E-state index in [4.69, 9.17) is 14.5 Å². The summed E-state index contributed by atoms with van der Waals surface area (Å²) in [5.74, 6) is -0.00714. The topological polar surface area (TPSA) is 111 Å². The van der Waals surface area contributed by atoms with E-state index in [1.54, 1.807) is 58.0 Å². The zero-order chi connectivity index (χ0) is 33.9. The summed E-state index contributed by atoms with van der Waals surface area (Å²) in [5.41, 5.74) is 3.21. The highest BCUT2D eigenvalue weighted by atomic mass is 16.6. The monoisotopic (exact) mass is 647 g/mol. The van der Waals surface area contributed by atoms with E-state index in [2.05, 4.69) is 6.92 Å². The molecule has 1 atom stereocenters. The lowest BCUT2D eigenvalue weighted by Gasteiger charge is -2.23. The highest BCUT2D eigenvalue weighted by molar-refractivity contribution is 5.91. The number of carboxylic acid groups (broad SMARTS) is 1. The lowest BCUT2D eigenvalue weighted by molar-refractivity contribution is -0.145. The van der Waals surface area contributed by atoms with Crippen molar-refractivity contribution >= 4 is 28.7 Å². The molecule has 48 heavy (non-hydrogen) atoms. The molecule has 0 aliphatic carbocycles. The van der Waals surface area contributed by atoms with Gasteiger partial charge in [-0.3, -0.25) is 14.3 Å². The van der Waals surface area contributed by atoms with Crippen molar-refractivity contribution in [2.24, 2.45) is 0 Å². The number of aromatic nitrogens is 2. The Morgan fingerprint density at radius 3 is 2.21 bits per heavy atom. The number of hydrogen-bond acceptors (Lipinski definition) is 6. The zero-order valence-corrected chi connectivity index (χ0v) is 27.4. The minimum atomic E-state index is -1.15. The third-order valence-corrected chi connectivity index (χ3v) is 8.05. The van der Waals surface area contributed by atoms with Gasteiger partial charge in [-0.1, -0.05) is 99.5 Å². The van der Waals surface area contributed by atoms with Gasteiger partial charge in [-0.15, -0.1) is 0 Å². The summed E-state index contributed by atoms with van der Waals surface area (Å²) < 4.78 is 13.1. The van der Waals surface area contributed by atoms with Gasteiger partial charge in [-0.25, -0.2) is 14.6 Å². The van der Waals surface area contributed by atoms with Crippen molar-refractivity contribution in [1.82, 2.24) is 9.55 Å². The molecule has 0 bridgehead atoms. The first-order valence-electron chi connectivity index (χ1n) is 16.4. The highest BCUT2D eigenvalue weighted by Crippen LogP contribution is 2.25. The molecule has 9 nitrogen and oxygen atoms in total. The molecule has 5 rings (SSSR count). The van der Waals surface area contributed by atoms with Crippen LogP contribution in [-0.4, -0.2) is 33.3 Å². The minimum Gasteiger partial charge on any atom is -0.478 e. The molecule has 0 saturated carbocycles. The molecular formula is C39H41N3O6. The van der Waals surface area contributed by atoms with Crippen LogP contribution in [0.25, 0.3) is 10.9 Å². The summed E-state index contributed by atoms with van der Waals surface area (Å²) in [6, 6.07) is 30.8. The molecule has 5 aromatic rings. The number of rotatable bonds is 15. The van der Waals surface area contributed by atoms with Gasteiger partial charge >= 0.3 is 12.1 Å². The molecule has 1 unspecified atom stereocenters. The summed E-state index contributed by atoms with van der Waals surface area (Å²) in [6.07, 6.45) is 2.49. The van der Waals surface area contributed by atoms with Crippen LogP contribution in [0.1, 0.15) is 68.1 Å². The van der Waals surface area contributed by atoms with Crippen LogP contribution in [0.2, 0.25) is 0 Å². The van der Waals surface area contributed by atoms with Crippen LogP contribution in [0.15, 0.2) is 108 Å². The van der Waals surface area contributed by atoms with E-state index in [1.807, 2.05) is 61.5 Å². The number of amides is 1. The SMILES string of the molecule is CCCCOC(=O)N(Cc1ccccc1)c1ccc2nc(CCCC)n(Cc3ccc(OC(C(=O)O)c4ccccc4)cc3)c(=O)c2c1. The van der Waals surface area contributed by atoms with E-state index in [-0.39, 0.29) is 18.6 Å². The predicted octanol–water partition coefficient (Wildman–Crippen LogP) is 7.94. The molecule has 1 N–H and O–H groups in total. The molecule has 4 aromatic carbocycles. The number of aryl methyl sites for hydroxylation is 1. The first-order valence-corrected chi connectivity index (χ1v) is 16.4. The van der Waals surface area contributed by atoms with Gasteiger partial charge in [-0.05, 0) is 54.3 Å². The summed E-state index contributed by atoms with van der Waals surface area (Å²) >= 11 is 0. The molecule has 1 amide bonds. The normalized spacial score (nSPS) is 11.6. The van der Waals surface area contributed by atoms with Crippen LogP contribution in [0.4, 0.5) is 10.5 Å². The number of carbonyl (C=O) groups excluding carboxylic acids is 1. The number of fused-ring (bicyclic) bond motifs is 1. The summed E-state index contributed by atoms with van der Waals surface area (Å²) in [5, 5.41) is 10.2. The third-order valence-electron chi connectivity index (χ3n) is 8.05. The summed E-state index contributed by atoms with van der Waals surface area (Å²) in [6.45, 7) is 4.99. The van der Waals surface area contributed by atoms with Crippen LogP contribution >= 0.6 is 0 Å². The Hall–Kier alpha value is -5.44. The van der Waals surface area contributed by atoms with Crippen molar-refractivity contribution in [3.8, 4) is 5.75 Å². The van der Waals surface area contributed by atoms with Crippen molar-refractivity contribution in [3.05, 3.63) is 136 Å². The Balaban J connectivity index is 1.46. The van der Waals surface area contributed by atoms with Gasteiger partial charge in [0.25, 0.3) is 5.56 Å². The molecule has 0 saturated heterocycles. The molecule has 1 heterocycles. The Morgan fingerprint density at radius 1 is 0.854 bits per heavy atom. The molecule has 248 valence electrons. The Bertz CT molecular complexity index is 1870. The summed E-state index contributed by atoms with van der Waals surface area (Å²) in [7, 11) is 0. The number of hydrogen-bond donors (Lipinski definition) is 1. The Labute approximate surface area is 280 Å². The number of unbranched alkanes of at least 4 members (excludes halogenated alkanes) is 2. The first kappa shape index (κ1) is 33.9. The number of anilines is 1. The average Bonchev–Trinajstić information content (AvgIpc) is 3.11. The van der Waals surface area contributed by atoms with Gasteiger partial charge in [0.05, 0.1) is 30.6 Å². The van der Waals surface area contributed by atoms with Crippen LogP contribution in [-0.2, 0) is 29.0 Å². The van der Waals surface area contributed by atoms with E-state index in [1.165, 1.54) is 0 Å². The molecule has 0 aliphatic rings. The lowest BCUT2D eigenvalue weighted by Crippen LogP contribution is -2.32. The first-order chi connectivity index (χ1) is 23.4. The largest absolute Gasteiger partial charge is 0.478 e. The Morgan fingerprint density at radius 2 is 1.54 bits per heavy atom. The molecule has 0 fully saturated rings. The van der Waals surface area contributed by atoms with Crippen LogP contribution < -0.4 is 15.2 Å². The van der Waals surface area contributed by atoms with Crippen molar-refractivity contribution < 1.29 is 24.2 Å². The molecule has 9 heteroatoms. The van der Waals surface area contributed by atoms with Gasteiger partial charge in [-0.2, -0.15) is 0 Å².